The van der Waals surface area contributed by atoms with Gasteiger partial charge in [-0.2, -0.15) is 0 Å². The number of ether oxygens (including phenoxy) is 1. The molecule has 0 radical (unpaired) electrons. The predicted molar refractivity (Wildman–Crippen MR) is 62.1 cm³/mol. The normalized spacial score (nSPS) is 12.5. The molecule has 0 saturated carbocycles. The lowest BCUT2D eigenvalue weighted by molar-refractivity contribution is -0.137. The van der Waals surface area contributed by atoms with Gasteiger partial charge in [0.05, 0.1) is 6.61 Å². The van der Waals surface area contributed by atoms with Crippen molar-refractivity contribution in [1.29, 1.82) is 0 Å². The molecule has 0 aliphatic rings. The van der Waals surface area contributed by atoms with Crippen molar-refractivity contribution in [2.45, 2.75) is 26.7 Å². The summed E-state index contributed by atoms with van der Waals surface area (Å²) in [6.45, 7) is 4.40. The Hall–Kier alpha value is -1.51. The summed E-state index contributed by atoms with van der Waals surface area (Å²) in [5.74, 6) is -0.326. The van der Waals surface area contributed by atoms with Crippen LogP contribution in [0.25, 0.3) is 0 Å². The van der Waals surface area contributed by atoms with Gasteiger partial charge in [0, 0.05) is 11.8 Å². The van der Waals surface area contributed by atoms with Crippen molar-refractivity contribution in [2.24, 2.45) is 5.73 Å². The van der Waals surface area contributed by atoms with E-state index in [1.807, 2.05) is 19.9 Å². The third kappa shape index (κ3) is 8.81. The van der Waals surface area contributed by atoms with Crippen molar-refractivity contribution in [3.63, 3.8) is 0 Å². The van der Waals surface area contributed by atoms with Gasteiger partial charge in [-0.05, 0) is 25.5 Å². The van der Waals surface area contributed by atoms with Crippen LogP contribution in [0.3, 0.4) is 0 Å². The average Bonchev–Trinajstić information content (AvgIpc) is 2.18. The molecule has 0 atom stereocenters. The number of nitrogens with two attached hydrogens (primary N) is 1. The Morgan fingerprint density at radius 1 is 1.40 bits per heavy atom. The molecule has 0 bridgehead atoms. The summed E-state index contributed by atoms with van der Waals surface area (Å²) in [5, 5.41) is 0. The summed E-state index contributed by atoms with van der Waals surface area (Å²) in [7, 11) is 0. The molecule has 0 aromatic carbocycles. The second kappa shape index (κ2) is 9.06. The van der Waals surface area contributed by atoms with Crippen molar-refractivity contribution in [2.75, 3.05) is 6.61 Å². The molecule has 0 aliphatic carbocycles. The van der Waals surface area contributed by atoms with Crippen LogP contribution in [0.5, 0.6) is 0 Å². The highest BCUT2D eigenvalue weighted by molar-refractivity contribution is 5.82. The molecule has 3 nitrogen and oxygen atoms in total. The Kier molecular flexibility index (Phi) is 8.15. The number of rotatable bonds is 6. The number of hydrogen-bond donors (Lipinski definition) is 1. The van der Waals surface area contributed by atoms with E-state index in [2.05, 4.69) is 0 Å². The van der Waals surface area contributed by atoms with Gasteiger partial charge in [-0.3, -0.25) is 0 Å². The molecule has 2 N–H and O–H groups in total. The standard InChI is InChI=1S/C12H19NO2/c1-3-5-10-15-12(14)9-6-8-11(13)7-4-2/h4,6-9H,3,5,10,13H2,1-2H3/b7-4-,9-6+,11-8+. The smallest absolute Gasteiger partial charge is 0.330 e. The first-order valence-electron chi connectivity index (χ1n) is 5.14. The van der Waals surface area contributed by atoms with E-state index in [4.69, 9.17) is 10.5 Å². The maximum Gasteiger partial charge on any atom is 0.330 e. The van der Waals surface area contributed by atoms with Gasteiger partial charge in [0.25, 0.3) is 0 Å². The van der Waals surface area contributed by atoms with Crippen molar-refractivity contribution >= 4 is 5.97 Å². The second-order valence-corrected chi connectivity index (χ2v) is 3.05. The minimum absolute atomic E-state index is 0.326. The van der Waals surface area contributed by atoms with Crippen LogP contribution >= 0.6 is 0 Å². The summed E-state index contributed by atoms with van der Waals surface area (Å²) in [6.07, 6.45) is 10.1. The van der Waals surface area contributed by atoms with E-state index in [9.17, 15) is 4.79 Å². The Labute approximate surface area is 91.3 Å². The van der Waals surface area contributed by atoms with E-state index >= 15 is 0 Å². The maximum atomic E-state index is 11.1. The number of carbonyl (C=O) groups excluding carboxylic acids is 1. The summed E-state index contributed by atoms with van der Waals surface area (Å²) in [5.41, 5.74) is 6.17. The number of allylic oxidation sites excluding steroid dienone is 4. The Balaban J connectivity index is 3.85. The summed E-state index contributed by atoms with van der Waals surface area (Å²) >= 11 is 0. The number of hydrogen-bond acceptors (Lipinski definition) is 3. The lowest BCUT2D eigenvalue weighted by Crippen LogP contribution is -2.01. The average molecular weight is 209 g/mol. The highest BCUT2D eigenvalue weighted by atomic mass is 16.5. The summed E-state index contributed by atoms with van der Waals surface area (Å²) in [6, 6.07) is 0. The molecule has 0 aromatic rings. The summed E-state index contributed by atoms with van der Waals surface area (Å²) in [4.78, 5) is 11.1. The van der Waals surface area contributed by atoms with Crippen molar-refractivity contribution < 1.29 is 9.53 Å². The molecule has 15 heavy (non-hydrogen) atoms. The van der Waals surface area contributed by atoms with Crippen LogP contribution in [0.4, 0.5) is 0 Å². The van der Waals surface area contributed by atoms with Gasteiger partial charge in [0.1, 0.15) is 0 Å². The first-order valence-corrected chi connectivity index (χ1v) is 5.14. The molecular formula is C12H19NO2. The van der Waals surface area contributed by atoms with Crippen LogP contribution in [0.15, 0.2) is 36.1 Å². The van der Waals surface area contributed by atoms with E-state index in [-0.39, 0.29) is 5.97 Å². The fourth-order valence-corrected chi connectivity index (χ4v) is 0.851. The van der Waals surface area contributed by atoms with Gasteiger partial charge in [0.15, 0.2) is 0 Å². The second-order valence-electron chi connectivity index (χ2n) is 3.05. The van der Waals surface area contributed by atoms with Crippen molar-refractivity contribution in [1.82, 2.24) is 0 Å². The van der Waals surface area contributed by atoms with Crippen molar-refractivity contribution in [3.05, 3.63) is 36.1 Å². The van der Waals surface area contributed by atoms with E-state index < -0.39 is 0 Å². The third-order valence-electron chi connectivity index (χ3n) is 1.62. The van der Waals surface area contributed by atoms with E-state index in [1.165, 1.54) is 6.08 Å². The van der Waals surface area contributed by atoms with E-state index in [0.717, 1.165) is 12.8 Å². The van der Waals surface area contributed by atoms with Crippen LogP contribution in [-0.4, -0.2) is 12.6 Å². The number of carbonyl (C=O) groups is 1. The largest absolute Gasteiger partial charge is 0.463 e. The molecule has 0 amide bonds. The topological polar surface area (TPSA) is 52.3 Å². The van der Waals surface area contributed by atoms with Crippen LogP contribution in [0, 0.1) is 0 Å². The zero-order valence-electron chi connectivity index (χ0n) is 9.40. The van der Waals surface area contributed by atoms with Gasteiger partial charge in [-0.1, -0.05) is 25.5 Å². The minimum atomic E-state index is -0.326. The Morgan fingerprint density at radius 3 is 2.73 bits per heavy atom. The maximum absolute atomic E-state index is 11.1. The van der Waals surface area contributed by atoms with Crippen molar-refractivity contribution in [3.8, 4) is 0 Å². The van der Waals surface area contributed by atoms with Gasteiger partial charge in [-0.15, -0.1) is 0 Å². The summed E-state index contributed by atoms with van der Waals surface area (Å²) < 4.78 is 4.91. The molecule has 0 fully saturated rings. The Morgan fingerprint density at radius 2 is 2.13 bits per heavy atom. The molecule has 0 aromatic heterocycles. The monoisotopic (exact) mass is 209 g/mol. The number of esters is 1. The predicted octanol–water partition coefficient (Wildman–Crippen LogP) is 2.30. The highest BCUT2D eigenvalue weighted by Crippen LogP contribution is 1.91. The van der Waals surface area contributed by atoms with Gasteiger partial charge >= 0.3 is 5.97 Å². The highest BCUT2D eigenvalue weighted by Gasteiger charge is 1.93. The first-order chi connectivity index (χ1) is 7.20. The van der Waals surface area contributed by atoms with Gasteiger partial charge in [0.2, 0.25) is 0 Å². The zero-order valence-corrected chi connectivity index (χ0v) is 9.40. The molecule has 0 spiro atoms. The van der Waals surface area contributed by atoms with Gasteiger partial charge < -0.3 is 10.5 Å². The zero-order chi connectivity index (χ0) is 11.5. The van der Waals surface area contributed by atoms with E-state index in [0.29, 0.717) is 12.3 Å². The number of unbranched alkanes of at least 4 members (excludes halogenated alkanes) is 1. The van der Waals surface area contributed by atoms with Crippen LogP contribution in [0.2, 0.25) is 0 Å². The minimum Gasteiger partial charge on any atom is -0.463 e. The van der Waals surface area contributed by atoms with Crippen LogP contribution in [-0.2, 0) is 9.53 Å². The first kappa shape index (κ1) is 13.5. The third-order valence-corrected chi connectivity index (χ3v) is 1.62. The molecule has 84 valence electrons. The Bertz CT molecular complexity index is 265. The molecule has 0 unspecified atom stereocenters. The molecule has 0 rings (SSSR count). The molecule has 0 aliphatic heterocycles. The van der Waals surface area contributed by atoms with Gasteiger partial charge in [-0.25, -0.2) is 4.79 Å². The fraction of sp³-hybridized carbons (Fsp3) is 0.417. The van der Waals surface area contributed by atoms with Crippen LogP contribution < -0.4 is 5.73 Å². The molecule has 3 heteroatoms. The van der Waals surface area contributed by atoms with Crippen LogP contribution in [0.1, 0.15) is 26.7 Å². The lowest BCUT2D eigenvalue weighted by Gasteiger charge is -1.98. The quantitative estimate of drug-likeness (QED) is 0.316. The fourth-order valence-electron chi connectivity index (χ4n) is 0.851. The molecule has 0 saturated heterocycles. The SMILES string of the molecule is C\C=C/C(N)=C\C=C\C(=O)OCCCC. The molecular weight excluding hydrogens is 190 g/mol. The van der Waals surface area contributed by atoms with E-state index in [1.54, 1.807) is 18.2 Å². The molecule has 0 heterocycles. The lowest BCUT2D eigenvalue weighted by atomic mass is 10.3.